The Morgan fingerprint density at radius 1 is 1.29 bits per heavy atom. The van der Waals surface area contributed by atoms with Crippen molar-refractivity contribution in [3.05, 3.63) is 0 Å². The average molecular weight is 294 g/mol. The molecule has 2 aliphatic rings. The maximum absolute atomic E-state index is 12.7. The van der Waals surface area contributed by atoms with Crippen molar-refractivity contribution in [3.8, 4) is 0 Å². The first kappa shape index (κ1) is 16.8. The normalized spacial score (nSPS) is 37.2. The SMILES string of the molecule is CCCC1NC(C)(CC)C(=O)N1CCC1CCCC(C)C1. The molecule has 1 aliphatic carbocycles. The Bertz CT molecular complexity index is 357. The van der Waals surface area contributed by atoms with Gasteiger partial charge in [0.1, 0.15) is 0 Å². The third kappa shape index (κ3) is 3.80. The van der Waals surface area contributed by atoms with Crippen molar-refractivity contribution in [2.24, 2.45) is 11.8 Å². The zero-order valence-corrected chi connectivity index (χ0v) is 14.5. The van der Waals surface area contributed by atoms with E-state index >= 15 is 0 Å². The topological polar surface area (TPSA) is 32.3 Å². The van der Waals surface area contributed by atoms with E-state index in [2.05, 4.69) is 37.9 Å². The fourth-order valence-corrected chi connectivity index (χ4v) is 4.12. The lowest BCUT2D eigenvalue weighted by Gasteiger charge is -2.30. The summed E-state index contributed by atoms with van der Waals surface area (Å²) in [6.45, 7) is 9.71. The second-order valence-electron chi connectivity index (χ2n) is 7.56. The molecule has 0 spiro atoms. The number of amides is 1. The zero-order chi connectivity index (χ0) is 15.5. The molecular weight excluding hydrogens is 260 g/mol. The lowest BCUT2D eigenvalue weighted by Crippen LogP contribution is -2.43. The monoisotopic (exact) mass is 294 g/mol. The van der Waals surface area contributed by atoms with Gasteiger partial charge in [0.05, 0.1) is 11.7 Å². The summed E-state index contributed by atoms with van der Waals surface area (Å²) in [6, 6.07) is 0. The Hall–Kier alpha value is -0.570. The molecule has 122 valence electrons. The predicted octanol–water partition coefficient (Wildman–Crippen LogP) is 3.93. The number of carbonyl (C=O) groups excluding carboxylic acids is 1. The minimum absolute atomic E-state index is 0.258. The number of rotatable bonds is 6. The van der Waals surface area contributed by atoms with E-state index in [9.17, 15) is 4.79 Å². The van der Waals surface area contributed by atoms with Crippen LogP contribution in [-0.2, 0) is 4.79 Å². The van der Waals surface area contributed by atoms with Crippen LogP contribution in [0.5, 0.6) is 0 Å². The molecule has 3 nitrogen and oxygen atoms in total. The summed E-state index contributed by atoms with van der Waals surface area (Å²) >= 11 is 0. The second kappa shape index (κ2) is 7.13. The fourth-order valence-electron chi connectivity index (χ4n) is 4.12. The molecule has 0 aromatic heterocycles. The minimum atomic E-state index is -0.334. The Balaban J connectivity index is 1.94. The van der Waals surface area contributed by atoms with Crippen molar-refractivity contribution in [3.63, 3.8) is 0 Å². The van der Waals surface area contributed by atoms with Crippen molar-refractivity contribution in [1.82, 2.24) is 10.2 Å². The Labute approximate surface area is 130 Å². The highest BCUT2D eigenvalue weighted by atomic mass is 16.2. The van der Waals surface area contributed by atoms with Crippen molar-refractivity contribution >= 4 is 5.91 Å². The first-order valence-electron chi connectivity index (χ1n) is 9.09. The van der Waals surface area contributed by atoms with Crippen LogP contribution in [-0.4, -0.2) is 29.1 Å². The van der Waals surface area contributed by atoms with Gasteiger partial charge in [0.2, 0.25) is 5.91 Å². The highest BCUT2D eigenvalue weighted by Crippen LogP contribution is 2.32. The number of nitrogens with zero attached hydrogens (tertiary/aromatic N) is 1. The van der Waals surface area contributed by atoms with Gasteiger partial charge in [-0.05, 0) is 44.4 Å². The third-order valence-electron chi connectivity index (χ3n) is 5.69. The van der Waals surface area contributed by atoms with E-state index in [4.69, 9.17) is 0 Å². The van der Waals surface area contributed by atoms with Crippen LogP contribution in [0.15, 0.2) is 0 Å². The van der Waals surface area contributed by atoms with Crippen molar-refractivity contribution < 1.29 is 4.79 Å². The summed E-state index contributed by atoms with van der Waals surface area (Å²) in [7, 11) is 0. The van der Waals surface area contributed by atoms with Crippen LogP contribution in [0.1, 0.15) is 79.1 Å². The van der Waals surface area contributed by atoms with Gasteiger partial charge in [-0.2, -0.15) is 0 Å². The third-order valence-corrected chi connectivity index (χ3v) is 5.69. The van der Waals surface area contributed by atoms with Gasteiger partial charge in [-0.1, -0.05) is 46.5 Å². The molecule has 1 aliphatic heterocycles. The number of carbonyl (C=O) groups is 1. The van der Waals surface area contributed by atoms with Crippen LogP contribution < -0.4 is 5.32 Å². The summed E-state index contributed by atoms with van der Waals surface area (Å²) in [5, 5.41) is 3.59. The molecule has 1 amide bonds. The minimum Gasteiger partial charge on any atom is -0.326 e. The fraction of sp³-hybridized carbons (Fsp3) is 0.944. The number of hydrogen-bond donors (Lipinski definition) is 1. The molecule has 21 heavy (non-hydrogen) atoms. The van der Waals surface area contributed by atoms with Gasteiger partial charge in [-0.25, -0.2) is 0 Å². The van der Waals surface area contributed by atoms with Crippen molar-refractivity contribution in [1.29, 1.82) is 0 Å². The number of hydrogen-bond acceptors (Lipinski definition) is 2. The van der Waals surface area contributed by atoms with Crippen LogP contribution >= 0.6 is 0 Å². The lowest BCUT2D eigenvalue weighted by atomic mass is 9.81. The zero-order valence-electron chi connectivity index (χ0n) is 14.5. The highest BCUT2D eigenvalue weighted by Gasteiger charge is 2.45. The summed E-state index contributed by atoms with van der Waals surface area (Å²) in [5.41, 5.74) is -0.334. The number of nitrogens with one attached hydrogen (secondary N) is 1. The first-order chi connectivity index (χ1) is 10.00. The molecule has 1 saturated carbocycles. The van der Waals surface area contributed by atoms with E-state index in [0.717, 1.165) is 37.6 Å². The van der Waals surface area contributed by atoms with E-state index in [1.165, 1.54) is 32.1 Å². The summed E-state index contributed by atoms with van der Waals surface area (Å²) in [5.74, 6) is 2.04. The van der Waals surface area contributed by atoms with Crippen LogP contribution in [0.25, 0.3) is 0 Å². The van der Waals surface area contributed by atoms with Gasteiger partial charge in [-0.3, -0.25) is 10.1 Å². The van der Waals surface area contributed by atoms with E-state index in [-0.39, 0.29) is 11.7 Å². The molecule has 0 aromatic rings. The standard InChI is InChI=1S/C18H34N2O/c1-5-8-16-19-18(4,6-2)17(21)20(16)12-11-15-10-7-9-14(3)13-15/h14-16,19H,5-13H2,1-4H3. The van der Waals surface area contributed by atoms with Gasteiger partial charge in [0.25, 0.3) is 0 Å². The molecular formula is C18H34N2O. The van der Waals surface area contributed by atoms with Crippen LogP contribution in [0.3, 0.4) is 0 Å². The largest absolute Gasteiger partial charge is 0.326 e. The van der Waals surface area contributed by atoms with Gasteiger partial charge in [-0.15, -0.1) is 0 Å². The Morgan fingerprint density at radius 3 is 2.67 bits per heavy atom. The second-order valence-corrected chi connectivity index (χ2v) is 7.56. The van der Waals surface area contributed by atoms with Gasteiger partial charge < -0.3 is 4.90 Å². The Kier molecular flexibility index (Phi) is 5.70. The van der Waals surface area contributed by atoms with Crippen molar-refractivity contribution in [2.45, 2.75) is 90.8 Å². The van der Waals surface area contributed by atoms with Crippen molar-refractivity contribution in [2.75, 3.05) is 6.54 Å². The molecule has 2 fully saturated rings. The highest BCUT2D eigenvalue weighted by molar-refractivity contribution is 5.88. The molecule has 2 rings (SSSR count). The lowest BCUT2D eigenvalue weighted by molar-refractivity contribution is -0.133. The smallest absolute Gasteiger partial charge is 0.243 e. The molecule has 1 heterocycles. The maximum atomic E-state index is 12.7. The molecule has 4 atom stereocenters. The molecule has 4 unspecified atom stereocenters. The van der Waals surface area contributed by atoms with Gasteiger partial charge in [0.15, 0.2) is 0 Å². The molecule has 0 bridgehead atoms. The molecule has 0 radical (unpaired) electrons. The summed E-state index contributed by atoms with van der Waals surface area (Å²) in [6.07, 6.45) is 10.0. The van der Waals surface area contributed by atoms with Crippen LogP contribution in [0, 0.1) is 11.8 Å². The van der Waals surface area contributed by atoms with Crippen LogP contribution in [0.2, 0.25) is 0 Å². The molecule has 1 N–H and O–H groups in total. The summed E-state index contributed by atoms with van der Waals surface area (Å²) in [4.78, 5) is 14.9. The molecule has 0 aromatic carbocycles. The van der Waals surface area contributed by atoms with E-state index in [1.54, 1.807) is 0 Å². The maximum Gasteiger partial charge on any atom is 0.243 e. The van der Waals surface area contributed by atoms with Gasteiger partial charge in [0, 0.05) is 6.54 Å². The van der Waals surface area contributed by atoms with E-state index in [1.807, 2.05) is 0 Å². The summed E-state index contributed by atoms with van der Waals surface area (Å²) < 4.78 is 0. The van der Waals surface area contributed by atoms with E-state index in [0.29, 0.717) is 5.91 Å². The van der Waals surface area contributed by atoms with Gasteiger partial charge >= 0.3 is 0 Å². The molecule has 3 heteroatoms. The average Bonchev–Trinajstić information content (AvgIpc) is 2.70. The Morgan fingerprint density at radius 2 is 2.05 bits per heavy atom. The predicted molar refractivity (Wildman–Crippen MR) is 88.0 cm³/mol. The molecule has 1 saturated heterocycles. The van der Waals surface area contributed by atoms with Crippen LogP contribution in [0.4, 0.5) is 0 Å². The quantitative estimate of drug-likeness (QED) is 0.805. The first-order valence-corrected chi connectivity index (χ1v) is 9.09. The van der Waals surface area contributed by atoms with E-state index < -0.39 is 0 Å².